The van der Waals surface area contributed by atoms with Crippen molar-refractivity contribution < 1.29 is 4.74 Å². The summed E-state index contributed by atoms with van der Waals surface area (Å²) in [4.78, 5) is 8.44. The Bertz CT molecular complexity index is 609. The normalized spacial score (nSPS) is 13.9. The van der Waals surface area contributed by atoms with Gasteiger partial charge < -0.3 is 10.5 Å². The van der Waals surface area contributed by atoms with Crippen molar-refractivity contribution in [1.82, 2.24) is 9.97 Å². The van der Waals surface area contributed by atoms with Gasteiger partial charge in [-0.15, -0.1) is 0 Å². The van der Waals surface area contributed by atoms with Gasteiger partial charge in [0.2, 0.25) is 5.88 Å². The van der Waals surface area contributed by atoms with E-state index in [1.165, 1.54) is 0 Å². The number of rotatable bonds is 6. The van der Waals surface area contributed by atoms with Gasteiger partial charge in [-0.2, -0.15) is 0 Å². The van der Waals surface area contributed by atoms with E-state index in [0.29, 0.717) is 18.4 Å². The number of nitrogens with two attached hydrogens (primary N) is 1. The summed E-state index contributed by atoms with van der Waals surface area (Å²) >= 11 is 0. The lowest BCUT2D eigenvalue weighted by atomic mass is 9.93. The SMILES string of the molecule is Cc1cc(OCC(C)(N)CC(C)C)ncc1-c1ccncc1. The summed E-state index contributed by atoms with van der Waals surface area (Å²) in [5.74, 6) is 1.16. The lowest BCUT2D eigenvalue weighted by Gasteiger charge is -2.26. The zero-order valence-corrected chi connectivity index (χ0v) is 13.8. The van der Waals surface area contributed by atoms with E-state index in [0.717, 1.165) is 23.1 Å². The molecule has 0 saturated carbocycles. The third-order valence-electron chi connectivity index (χ3n) is 3.50. The molecule has 0 aliphatic rings. The minimum absolute atomic E-state index is 0.340. The summed E-state index contributed by atoms with van der Waals surface area (Å²) in [5, 5.41) is 0. The van der Waals surface area contributed by atoms with Gasteiger partial charge >= 0.3 is 0 Å². The number of hydrogen-bond acceptors (Lipinski definition) is 4. The monoisotopic (exact) mass is 299 g/mol. The van der Waals surface area contributed by atoms with E-state index in [2.05, 4.69) is 30.7 Å². The summed E-state index contributed by atoms with van der Waals surface area (Å²) < 4.78 is 5.79. The van der Waals surface area contributed by atoms with Gasteiger partial charge in [0, 0.05) is 35.8 Å². The van der Waals surface area contributed by atoms with Crippen LogP contribution < -0.4 is 10.5 Å². The van der Waals surface area contributed by atoms with Crippen LogP contribution in [0.4, 0.5) is 0 Å². The number of hydrogen-bond donors (Lipinski definition) is 1. The molecular formula is C18H25N3O. The molecule has 4 heteroatoms. The van der Waals surface area contributed by atoms with Gasteiger partial charge in [-0.1, -0.05) is 13.8 Å². The van der Waals surface area contributed by atoms with Crippen LogP contribution in [0.5, 0.6) is 5.88 Å². The van der Waals surface area contributed by atoms with Gasteiger partial charge in [0.1, 0.15) is 6.61 Å². The number of ether oxygens (including phenoxy) is 1. The average Bonchev–Trinajstić information content (AvgIpc) is 2.45. The van der Waals surface area contributed by atoms with Crippen LogP contribution in [0.1, 0.15) is 32.8 Å². The van der Waals surface area contributed by atoms with Gasteiger partial charge in [-0.25, -0.2) is 4.98 Å². The Balaban J connectivity index is 2.07. The lowest BCUT2D eigenvalue weighted by Crippen LogP contribution is -2.43. The lowest BCUT2D eigenvalue weighted by molar-refractivity contribution is 0.200. The molecule has 0 amide bonds. The van der Waals surface area contributed by atoms with Crippen molar-refractivity contribution in [3.63, 3.8) is 0 Å². The van der Waals surface area contributed by atoms with E-state index in [-0.39, 0.29) is 5.54 Å². The Kier molecular flexibility index (Phi) is 5.14. The number of aryl methyl sites for hydroxylation is 1. The standard InChI is InChI=1S/C18H25N3O/c1-13(2)10-18(4,19)12-22-17-9-14(3)16(11-21-17)15-5-7-20-8-6-15/h5-9,11,13H,10,12,19H2,1-4H3. The zero-order valence-electron chi connectivity index (χ0n) is 13.8. The van der Waals surface area contributed by atoms with E-state index >= 15 is 0 Å². The van der Waals surface area contributed by atoms with Crippen molar-refractivity contribution in [3.8, 4) is 17.0 Å². The first-order chi connectivity index (χ1) is 10.4. The van der Waals surface area contributed by atoms with Crippen LogP contribution in [0, 0.1) is 12.8 Å². The molecule has 118 valence electrons. The molecule has 2 rings (SSSR count). The zero-order chi connectivity index (χ0) is 16.2. The van der Waals surface area contributed by atoms with E-state index < -0.39 is 0 Å². The van der Waals surface area contributed by atoms with Gasteiger partial charge in [-0.05, 0) is 49.4 Å². The Hall–Kier alpha value is -1.94. The number of aromatic nitrogens is 2. The highest BCUT2D eigenvalue weighted by molar-refractivity contribution is 5.65. The largest absolute Gasteiger partial charge is 0.476 e. The third kappa shape index (κ3) is 4.53. The summed E-state index contributed by atoms with van der Waals surface area (Å²) in [6.45, 7) is 8.87. The van der Waals surface area contributed by atoms with Crippen LogP contribution in [0.25, 0.3) is 11.1 Å². The summed E-state index contributed by atoms with van der Waals surface area (Å²) in [6.07, 6.45) is 6.33. The van der Waals surface area contributed by atoms with Crippen LogP contribution >= 0.6 is 0 Å². The number of pyridine rings is 2. The van der Waals surface area contributed by atoms with Gasteiger partial charge in [0.25, 0.3) is 0 Å². The molecule has 2 aromatic heterocycles. The van der Waals surface area contributed by atoms with E-state index in [1.807, 2.05) is 31.3 Å². The molecule has 22 heavy (non-hydrogen) atoms. The maximum atomic E-state index is 6.26. The smallest absolute Gasteiger partial charge is 0.213 e. The highest BCUT2D eigenvalue weighted by Gasteiger charge is 2.21. The second kappa shape index (κ2) is 6.88. The number of nitrogens with zero attached hydrogens (tertiary/aromatic N) is 2. The minimum atomic E-state index is -0.340. The molecule has 0 aromatic carbocycles. The Labute approximate surface area is 132 Å². The maximum absolute atomic E-state index is 6.26. The van der Waals surface area contributed by atoms with Crippen molar-refractivity contribution in [3.05, 3.63) is 42.4 Å². The molecule has 4 nitrogen and oxygen atoms in total. The van der Waals surface area contributed by atoms with E-state index in [1.54, 1.807) is 12.4 Å². The van der Waals surface area contributed by atoms with Crippen LogP contribution in [0.2, 0.25) is 0 Å². The second-order valence-electron chi connectivity index (χ2n) is 6.61. The van der Waals surface area contributed by atoms with Gasteiger partial charge in [0.05, 0.1) is 0 Å². The predicted molar refractivity (Wildman–Crippen MR) is 89.7 cm³/mol. The Morgan fingerprint density at radius 3 is 2.55 bits per heavy atom. The molecule has 0 aliphatic heterocycles. The molecule has 2 heterocycles. The molecule has 0 fully saturated rings. The van der Waals surface area contributed by atoms with Gasteiger partial charge in [0.15, 0.2) is 0 Å². The maximum Gasteiger partial charge on any atom is 0.213 e. The molecule has 0 spiro atoms. The van der Waals surface area contributed by atoms with Crippen molar-refractivity contribution in [2.24, 2.45) is 11.7 Å². The second-order valence-corrected chi connectivity index (χ2v) is 6.61. The molecule has 0 aliphatic carbocycles. The Morgan fingerprint density at radius 2 is 1.95 bits per heavy atom. The quantitative estimate of drug-likeness (QED) is 0.885. The summed E-state index contributed by atoms with van der Waals surface area (Å²) in [6, 6.07) is 5.91. The molecule has 0 saturated heterocycles. The Morgan fingerprint density at radius 1 is 1.27 bits per heavy atom. The highest BCUT2D eigenvalue weighted by Crippen LogP contribution is 2.25. The van der Waals surface area contributed by atoms with Crippen molar-refractivity contribution in [1.29, 1.82) is 0 Å². The molecule has 1 atom stereocenters. The van der Waals surface area contributed by atoms with Crippen LogP contribution in [-0.2, 0) is 0 Å². The topological polar surface area (TPSA) is 61.0 Å². The van der Waals surface area contributed by atoms with Gasteiger partial charge in [-0.3, -0.25) is 4.98 Å². The molecule has 0 bridgehead atoms. The van der Waals surface area contributed by atoms with E-state index in [4.69, 9.17) is 10.5 Å². The molecule has 2 N–H and O–H groups in total. The minimum Gasteiger partial charge on any atom is -0.476 e. The first kappa shape index (κ1) is 16.4. The van der Waals surface area contributed by atoms with Crippen LogP contribution in [-0.4, -0.2) is 22.1 Å². The average molecular weight is 299 g/mol. The molecule has 2 aromatic rings. The molecule has 0 radical (unpaired) electrons. The molecule has 1 unspecified atom stereocenters. The van der Waals surface area contributed by atoms with E-state index in [9.17, 15) is 0 Å². The summed E-state index contributed by atoms with van der Waals surface area (Å²) in [7, 11) is 0. The summed E-state index contributed by atoms with van der Waals surface area (Å²) in [5.41, 5.74) is 9.25. The van der Waals surface area contributed by atoms with Crippen molar-refractivity contribution >= 4 is 0 Å². The van der Waals surface area contributed by atoms with Crippen LogP contribution in [0.3, 0.4) is 0 Å². The fourth-order valence-electron chi connectivity index (χ4n) is 2.67. The van der Waals surface area contributed by atoms with Crippen molar-refractivity contribution in [2.45, 2.75) is 39.7 Å². The first-order valence-electron chi connectivity index (χ1n) is 7.66. The van der Waals surface area contributed by atoms with Crippen molar-refractivity contribution in [2.75, 3.05) is 6.61 Å². The first-order valence-corrected chi connectivity index (χ1v) is 7.66. The third-order valence-corrected chi connectivity index (χ3v) is 3.50. The van der Waals surface area contributed by atoms with Crippen LogP contribution in [0.15, 0.2) is 36.8 Å². The fourth-order valence-corrected chi connectivity index (χ4v) is 2.67. The highest BCUT2D eigenvalue weighted by atomic mass is 16.5. The fraction of sp³-hybridized carbons (Fsp3) is 0.444. The molecular weight excluding hydrogens is 274 g/mol. The predicted octanol–water partition coefficient (Wildman–Crippen LogP) is 3.59.